The average Bonchev–Trinajstić information content (AvgIpc) is 3.26. The summed E-state index contributed by atoms with van der Waals surface area (Å²) < 4.78 is 2.21. The third kappa shape index (κ3) is 4.37. The molecule has 0 aliphatic heterocycles. The third-order valence-electron chi connectivity index (χ3n) is 7.50. The van der Waals surface area contributed by atoms with Crippen molar-refractivity contribution < 1.29 is 0 Å². The molecule has 4 nitrogen and oxygen atoms in total. The van der Waals surface area contributed by atoms with E-state index in [-0.39, 0.29) is 0 Å². The van der Waals surface area contributed by atoms with E-state index in [0.717, 1.165) is 52.7 Å². The number of benzene rings is 3. The molecule has 6 aromatic rings. The Morgan fingerprint density at radius 2 is 1.63 bits per heavy atom. The van der Waals surface area contributed by atoms with Gasteiger partial charge in [0.1, 0.15) is 11.6 Å². The van der Waals surface area contributed by atoms with E-state index in [0.29, 0.717) is 5.92 Å². The Bertz CT molecular complexity index is 1790. The van der Waals surface area contributed by atoms with Crippen molar-refractivity contribution in [2.75, 3.05) is 0 Å². The molecule has 188 valence electrons. The van der Waals surface area contributed by atoms with Gasteiger partial charge in [0.25, 0.3) is 0 Å². The maximum Gasteiger partial charge on any atom is 0.139 e. The van der Waals surface area contributed by atoms with Crippen LogP contribution in [-0.2, 0) is 6.42 Å². The Morgan fingerprint density at radius 1 is 0.868 bits per heavy atom. The van der Waals surface area contributed by atoms with Crippen LogP contribution in [0.15, 0.2) is 96.1 Å². The molecule has 0 fully saturated rings. The fraction of sp³-hybridized carbons (Fsp3) is 0.206. The van der Waals surface area contributed by atoms with Crippen molar-refractivity contribution in [2.45, 2.75) is 46.0 Å². The number of hydrogen-bond donors (Lipinski definition) is 0. The second-order valence-corrected chi connectivity index (χ2v) is 10.1. The molecule has 0 aliphatic rings. The number of pyridine rings is 2. The van der Waals surface area contributed by atoms with Crippen molar-refractivity contribution in [3.63, 3.8) is 0 Å². The summed E-state index contributed by atoms with van der Waals surface area (Å²) in [5.74, 6) is 2.16. The summed E-state index contributed by atoms with van der Waals surface area (Å²) in [6.45, 7) is 6.69. The van der Waals surface area contributed by atoms with E-state index < -0.39 is 0 Å². The van der Waals surface area contributed by atoms with Gasteiger partial charge >= 0.3 is 0 Å². The van der Waals surface area contributed by atoms with Gasteiger partial charge in [-0.2, -0.15) is 0 Å². The largest absolute Gasteiger partial charge is 0.283 e. The van der Waals surface area contributed by atoms with Gasteiger partial charge in [-0.05, 0) is 71.8 Å². The monoisotopic (exact) mass is 496 g/mol. The quantitative estimate of drug-likeness (QED) is 0.164. The number of rotatable bonds is 7. The molecule has 0 radical (unpaired) electrons. The van der Waals surface area contributed by atoms with E-state index in [2.05, 4.69) is 109 Å². The lowest BCUT2D eigenvalue weighted by Gasteiger charge is -2.15. The molecule has 0 spiro atoms. The molecule has 3 aromatic heterocycles. The minimum absolute atomic E-state index is 0.362. The van der Waals surface area contributed by atoms with Crippen LogP contribution in [0.3, 0.4) is 0 Å². The Balaban J connectivity index is 1.45. The van der Waals surface area contributed by atoms with Crippen LogP contribution in [0.4, 0.5) is 5.82 Å². The van der Waals surface area contributed by atoms with Crippen molar-refractivity contribution >= 4 is 44.6 Å². The molecular weight excluding hydrogens is 464 g/mol. The van der Waals surface area contributed by atoms with Crippen molar-refractivity contribution in [2.24, 2.45) is 4.99 Å². The molecule has 0 aliphatic carbocycles. The van der Waals surface area contributed by atoms with Gasteiger partial charge in [-0.1, -0.05) is 80.9 Å². The van der Waals surface area contributed by atoms with Crippen molar-refractivity contribution in [1.82, 2.24) is 14.5 Å². The van der Waals surface area contributed by atoms with Crippen LogP contribution in [-0.4, -0.2) is 20.7 Å². The zero-order chi connectivity index (χ0) is 26.1. The standard InChI is InChI=1S/C34H32N4/c1-4-5-19-35-32-22-28(21-23(2)29-14-8-11-25-10-6-7-13-30(25)29)24(3)38(32)31-18-17-27-16-15-26-12-9-20-36-33(26)34(27)37-31/h6-20,22-23H,4-5,21H2,1-3H3. The molecular formula is C34H32N4. The first-order valence-electron chi connectivity index (χ1n) is 13.5. The van der Waals surface area contributed by atoms with Crippen LogP contribution in [0.25, 0.3) is 38.4 Å². The number of hydrogen-bond acceptors (Lipinski definition) is 3. The maximum atomic E-state index is 5.14. The van der Waals surface area contributed by atoms with Crippen LogP contribution in [0.2, 0.25) is 0 Å². The topological polar surface area (TPSA) is 43.1 Å². The Labute approximate surface area is 223 Å². The van der Waals surface area contributed by atoms with Gasteiger partial charge in [0, 0.05) is 28.9 Å². The summed E-state index contributed by atoms with van der Waals surface area (Å²) >= 11 is 0. The molecule has 0 amide bonds. The molecule has 0 N–H and O–H groups in total. The van der Waals surface area contributed by atoms with Crippen molar-refractivity contribution in [3.8, 4) is 5.82 Å². The zero-order valence-corrected chi connectivity index (χ0v) is 22.2. The third-order valence-corrected chi connectivity index (χ3v) is 7.50. The number of aliphatic imine (C=N–C) groups is 1. The maximum absolute atomic E-state index is 5.14. The predicted octanol–water partition coefficient (Wildman–Crippen LogP) is 8.88. The van der Waals surface area contributed by atoms with Gasteiger partial charge < -0.3 is 0 Å². The van der Waals surface area contributed by atoms with Gasteiger partial charge in [0.05, 0.1) is 11.0 Å². The molecule has 6 rings (SSSR count). The highest BCUT2D eigenvalue weighted by atomic mass is 15.1. The number of nitrogens with zero attached hydrogens (tertiary/aromatic N) is 4. The molecule has 1 atom stereocenters. The SMILES string of the molecule is CCCC=Nc1cc(CC(C)c2cccc3ccccc23)c(C)n1-c1ccc2ccc3cccnc3c2n1. The molecule has 4 heteroatoms. The minimum Gasteiger partial charge on any atom is -0.283 e. The zero-order valence-electron chi connectivity index (χ0n) is 22.2. The summed E-state index contributed by atoms with van der Waals surface area (Å²) in [7, 11) is 0. The average molecular weight is 497 g/mol. The van der Waals surface area contributed by atoms with Gasteiger partial charge in [0.2, 0.25) is 0 Å². The van der Waals surface area contributed by atoms with Crippen LogP contribution in [0.1, 0.15) is 49.4 Å². The number of fused-ring (bicyclic) bond motifs is 4. The molecule has 0 saturated heterocycles. The first-order valence-corrected chi connectivity index (χ1v) is 13.5. The Hall–Kier alpha value is -4.31. The second kappa shape index (κ2) is 10.2. The highest BCUT2D eigenvalue weighted by Crippen LogP contribution is 2.34. The predicted molar refractivity (Wildman–Crippen MR) is 160 cm³/mol. The molecule has 0 saturated carbocycles. The minimum atomic E-state index is 0.362. The highest BCUT2D eigenvalue weighted by molar-refractivity contribution is 6.02. The number of unbranched alkanes of at least 4 members (excludes halogenated alkanes) is 1. The molecule has 3 heterocycles. The summed E-state index contributed by atoms with van der Waals surface area (Å²) in [4.78, 5) is 14.7. The van der Waals surface area contributed by atoms with E-state index in [4.69, 9.17) is 9.98 Å². The first kappa shape index (κ1) is 24.1. The van der Waals surface area contributed by atoms with Gasteiger partial charge in [0.15, 0.2) is 0 Å². The summed E-state index contributed by atoms with van der Waals surface area (Å²) in [5.41, 5.74) is 5.71. The van der Waals surface area contributed by atoms with Crippen molar-refractivity contribution in [1.29, 1.82) is 0 Å². The van der Waals surface area contributed by atoms with Crippen LogP contribution >= 0.6 is 0 Å². The fourth-order valence-corrected chi connectivity index (χ4v) is 5.48. The summed E-state index contributed by atoms with van der Waals surface area (Å²) in [5, 5.41) is 4.80. The lowest BCUT2D eigenvalue weighted by Crippen LogP contribution is -2.03. The van der Waals surface area contributed by atoms with E-state index in [1.165, 1.54) is 27.6 Å². The van der Waals surface area contributed by atoms with E-state index in [9.17, 15) is 0 Å². The molecule has 3 aromatic carbocycles. The number of aromatic nitrogens is 3. The fourth-order valence-electron chi connectivity index (χ4n) is 5.48. The normalized spacial score (nSPS) is 12.7. The Morgan fingerprint density at radius 3 is 2.50 bits per heavy atom. The summed E-state index contributed by atoms with van der Waals surface area (Å²) in [6.07, 6.45) is 6.82. The Kier molecular flexibility index (Phi) is 6.47. The molecule has 38 heavy (non-hydrogen) atoms. The van der Waals surface area contributed by atoms with Crippen molar-refractivity contribution in [3.05, 3.63) is 108 Å². The van der Waals surface area contributed by atoms with E-state index in [1.54, 1.807) is 0 Å². The van der Waals surface area contributed by atoms with Gasteiger partial charge in [-0.25, -0.2) is 9.98 Å². The lowest BCUT2D eigenvalue weighted by atomic mass is 9.90. The van der Waals surface area contributed by atoms with Crippen LogP contribution in [0.5, 0.6) is 0 Å². The van der Waals surface area contributed by atoms with Gasteiger partial charge in [-0.3, -0.25) is 9.55 Å². The first-order chi connectivity index (χ1) is 18.6. The van der Waals surface area contributed by atoms with Crippen LogP contribution < -0.4 is 0 Å². The van der Waals surface area contributed by atoms with E-state index in [1.807, 2.05) is 18.5 Å². The van der Waals surface area contributed by atoms with Crippen LogP contribution in [0, 0.1) is 6.92 Å². The smallest absolute Gasteiger partial charge is 0.139 e. The lowest BCUT2D eigenvalue weighted by molar-refractivity contribution is 0.758. The molecule has 0 bridgehead atoms. The summed E-state index contributed by atoms with van der Waals surface area (Å²) in [6, 6.07) is 30.1. The van der Waals surface area contributed by atoms with Gasteiger partial charge in [-0.15, -0.1) is 0 Å². The van der Waals surface area contributed by atoms with E-state index >= 15 is 0 Å². The second-order valence-electron chi connectivity index (χ2n) is 10.1. The molecule has 1 unspecified atom stereocenters. The highest BCUT2D eigenvalue weighted by Gasteiger charge is 2.18.